The highest BCUT2D eigenvalue weighted by molar-refractivity contribution is 9.10. The van der Waals surface area contributed by atoms with Gasteiger partial charge >= 0.3 is 0 Å². The molecule has 4 heteroatoms. The molecule has 0 saturated heterocycles. The minimum absolute atomic E-state index is 0.0806. The molecule has 1 aromatic carbocycles. The first kappa shape index (κ1) is 14.9. The Morgan fingerprint density at radius 3 is 2.53 bits per heavy atom. The highest BCUT2D eigenvalue weighted by Crippen LogP contribution is 2.28. The second-order valence-electron chi connectivity index (χ2n) is 5.49. The maximum absolute atomic E-state index is 12.5. The van der Waals surface area contributed by atoms with E-state index in [1.165, 1.54) is 12.8 Å². The van der Waals surface area contributed by atoms with E-state index in [9.17, 15) is 4.79 Å². The average Bonchev–Trinajstić information content (AvgIpc) is 2.38. The summed E-state index contributed by atoms with van der Waals surface area (Å²) in [7, 11) is 1.91. The van der Waals surface area contributed by atoms with Gasteiger partial charge in [-0.25, -0.2) is 0 Å². The lowest BCUT2D eigenvalue weighted by Crippen LogP contribution is -2.39. The minimum Gasteiger partial charge on any atom is -0.339 e. The van der Waals surface area contributed by atoms with E-state index in [0.717, 1.165) is 28.1 Å². The molecule has 0 N–H and O–H groups in total. The van der Waals surface area contributed by atoms with Crippen molar-refractivity contribution in [2.24, 2.45) is 5.92 Å². The van der Waals surface area contributed by atoms with Gasteiger partial charge in [0.1, 0.15) is 0 Å². The maximum atomic E-state index is 12.5. The van der Waals surface area contributed by atoms with Gasteiger partial charge in [0, 0.05) is 22.5 Å². The van der Waals surface area contributed by atoms with Crippen molar-refractivity contribution >= 4 is 34.5 Å². The molecule has 0 spiro atoms. The number of halogens is 1. The predicted molar refractivity (Wildman–Crippen MR) is 84.9 cm³/mol. The molecule has 2 rings (SSSR count). The van der Waals surface area contributed by atoms with Crippen molar-refractivity contribution in [3.63, 3.8) is 0 Å². The molecule has 1 amide bonds. The first-order chi connectivity index (χ1) is 8.99. The van der Waals surface area contributed by atoms with E-state index in [1.807, 2.05) is 30.1 Å². The highest BCUT2D eigenvalue weighted by atomic mass is 79.9. The largest absolute Gasteiger partial charge is 0.339 e. The normalized spacial score (nSPS) is 23.2. The van der Waals surface area contributed by atoms with Crippen molar-refractivity contribution in [1.82, 2.24) is 4.90 Å². The second-order valence-corrected chi connectivity index (χ2v) is 6.89. The molecular weight excluding hydrogens is 322 g/mol. The van der Waals surface area contributed by atoms with E-state index in [4.69, 9.17) is 0 Å². The lowest BCUT2D eigenvalue weighted by Gasteiger charge is -2.33. The molecule has 0 aliphatic heterocycles. The third kappa shape index (κ3) is 3.54. The quantitative estimate of drug-likeness (QED) is 0.791. The summed E-state index contributed by atoms with van der Waals surface area (Å²) in [5.74, 6) is 0.880. The molecular formula is C15H20BrNOS. The smallest absolute Gasteiger partial charge is 0.254 e. The number of nitrogens with zero attached hydrogens (tertiary/aromatic N) is 1. The summed E-state index contributed by atoms with van der Waals surface area (Å²) in [6.45, 7) is 2.29. The van der Waals surface area contributed by atoms with Crippen molar-refractivity contribution in [2.75, 3.05) is 7.05 Å². The SMILES string of the molecule is CC1CCC(N(C)C(=O)c2ccc(Br)cc2S)CC1. The number of rotatable bonds is 2. The third-order valence-corrected chi connectivity index (χ3v) is 4.91. The third-order valence-electron chi connectivity index (χ3n) is 4.04. The molecule has 2 nitrogen and oxygen atoms in total. The van der Waals surface area contributed by atoms with Crippen molar-refractivity contribution in [1.29, 1.82) is 0 Å². The van der Waals surface area contributed by atoms with Crippen LogP contribution >= 0.6 is 28.6 Å². The zero-order valence-corrected chi connectivity index (χ0v) is 13.9. The topological polar surface area (TPSA) is 20.3 Å². The average molecular weight is 342 g/mol. The van der Waals surface area contributed by atoms with Crippen molar-refractivity contribution in [3.8, 4) is 0 Å². The van der Waals surface area contributed by atoms with E-state index in [0.29, 0.717) is 11.6 Å². The Morgan fingerprint density at radius 1 is 1.32 bits per heavy atom. The van der Waals surface area contributed by atoms with Gasteiger partial charge in [-0.15, -0.1) is 12.6 Å². The summed E-state index contributed by atoms with van der Waals surface area (Å²) in [6.07, 6.45) is 4.66. The van der Waals surface area contributed by atoms with Crippen LogP contribution in [0.25, 0.3) is 0 Å². The minimum atomic E-state index is 0.0806. The Hall–Kier alpha value is -0.480. The number of carbonyl (C=O) groups excluding carboxylic acids is 1. The summed E-state index contributed by atoms with van der Waals surface area (Å²) >= 11 is 7.79. The molecule has 19 heavy (non-hydrogen) atoms. The van der Waals surface area contributed by atoms with Crippen LogP contribution in [0.4, 0.5) is 0 Å². The van der Waals surface area contributed by atoms with Crippen LogP contribution in [0, 0.1) is 5.92 Å². The second kappa shape index (κ2) is 6.31. The molecule has 104 valence electrons. The Morgan fingerprint density at radius 2 is 1.95 bits per heavy atom. The van der Waals surface area contributed by atoms with Crippen molar-refractivity contribution in [2.45, 2.75) is 43.5 Å². The van der Waals surface area contributed by atoms with Crippen LogP contribution in [0.3, 0.4) is 0 Å². The number of hydrogen-bond donors (Lipinski definition) is 1. The lowest BCUT2D eigenvalue weighted by atomic mass is 9.86. The van der Waals surface area contributed by atoms with Crippen LogP contribution in [0.5, 0.6) is 0 Å². The molecule has 0 radical (unpaired) electrons. The van der Waals surface area contributed by atoms with Gasteiger partial charge in [-0.1, -0.05) is 22.9 Å². The molecule has 0 heterocycles. The molecule has 1 fully saturated rings. The fourth-order valence-corrected chi connectivity index (χ4v) is 3.52. The lowest BCUT2D eigenvalue weighted by molar-refractivity contribution is 0.0676. The maximum Gasteiger partial charge on any atom is 0.254 e. The zero-order valence-electron chi connectivity index (χ0n) is 11.4. The van der Waals surface area contributed by atoms with E-state index >= 15 is 0 Å². The standard InChI is InChI=1S/C15H20BrNOS/c1-10-3-6-12(7-4-10)17(2)15(18)13-8-5-11(16)9-14(13)19/h5,8-10,12,19H,3-4,6-7H2,1-2H3. The van der Waals surface area contributed by atoms with Gasteiger partial charge in [0.15, 0.2) is 0 Å². The van der Waals surface area contributed by atoms with Gasteiger partial charge in [0.25, 0.3) is 5.91 Å². The Labute approximate surface area is 129 Å². The Balaban J connectivity index is 2.10. The van der Waals surface area contributed by atoms with Gasteiger partial charge < -0.3 is 4.90 Å². The number of benzene rings is 1. The molecule has 0 unspecified atom stereocenters. The predicted octanol–water partition coefficient (Wildman–Crippen LogP) is 4.39. The first-order valence-electron chi connectivity index (χ1n) is 6.74. The fraction of sp³-hybridized carbons (Fsp3) is 0.533. The summed E-state index contributed by atoms with van der Waals surface area (Å²) < 4.78 is 0.947. The number of carbonyl (C=O) groups is 1. The van der Waals surface area contributed by atoms with Crippen LogP contribution in [0.1, 0.15) is 43.0 Å². The van der Waals surface area contributed by atoms with Crippen LogP contribution in [-0.4, -0.2) is 23.9 Å². The van der Waals surface area contributed by atoms with Gasteiger partial charge in [-0.05, 0) is 49.8 Å². The van der Waals surface area contributed by atoms with E-state index < -0.39 is 0 Å². The summed E-state index contributed by atoms with van der Waals surface area (Å²) in [5, 5.41) is 0. The van der Waals surface area contributed by atoms with Gasteiger partial charge in [-0.2, -0.15) is 0 Å². The molecule has 1 aliphatic rings. The Bertz CT molecular complexity index is 469. The molecule has 0 atom stereocenters. The van der Waals surface area contributed by atoms with Crippen LogP contribution in [0.2, 0.25) is 0 Å². The van der Waals surface area contributed by atoms with Crippen molar-refractivity contribution in [3.05, 3.63) is 28.2 Å². The van der Waals surface area contributed by atoms with Crippen LogP contribution < -0.4 is 0 Å². The highest BCUT2D eigenvalue weighted by Gasteiger charge is 2.26. The van der Waals surface area contributed by atoms with Gasteiger partial charge in [0.2, 0.25) is 0 Å². The van der Waals surface area contributed by atoms with Crippen LogP contribution in [0.15, 0.2) is 27.6 Å². The summed E-state index contributed by atoms with van der Waals surface area (Å²) in [4.78, 5) is 15.1. The van der Waals surface area contributed by atoms with E-state index in [-0.39, 0.29) is 5.91 Å². The van der Waals surface area contributed by atoms with Gasteiger partial charge in [0.05, 0.1) is 5.56 Å². The molecule has 1 aliphatic carbocycles. The monoisotopic (exact) mass is 341 g/mol. The number of amides is 1. The van der Waals surface area contributed by atoms with Gasteiger partial charge in [-0.3, -0.25) is 4.79 Å². The number of hydrogen-bond acceptors (Lipinski definition) is 2. The fourth-order valence-electron chi connectivity index (χ4n) is 2.67. The summed E-state index contributed by atoms with van der Waals surface area (Å²) in [5.41, 5.74) is 0.688. The molecule has 0 bridgehead atoms. The molecule has 1 saturated carbocycles. The van der Waals surface area contributed by atoms with Crippen LogP contribution in [-0.2, 0) is 0 Å². The zero-order chi connectivity index (χ0) is 14.0. The summed E-state index contributed by atoms with van der Waals surface area (Å²) in [6, 6.07) is 5.98. The van der Waals surface area contributed by atoms with Crippen molar-refractivity contribution < 1.29 is 4.79 Å². The molecule has 0 aromatic heterocycles. The molecule has 1 aromatic rings. The Kier molecular flexibility index (Phi) is 4.96. The first-order valence-corrected chi connectivity index (χ1v) is 7.98. The number of thiol groups is 1. The van der Waals surface area contributed by atoms with E-state index in [1.54, 1.807) is 0 Å². The van der Waals surface area contributed by atoms with E-state index in [2.05, 4.69) is 35.5 Å².